The SMILES string of the molecule is Cc1cc(C(=O)NCC(=O)N(C)CC(O)C2CC2)c(C)o1. The fourth-order valence-corrected chi connectivity index (χ4v) is 2.25. The van der Waals surface area contributed by atoms with Crippen LogP contribution in [0.4, 0.5) is 0 Å². The van der Waals surface area contributed by atoms with Gasteiger partial charge in [0.2, 0.25) is 5.91 Å². The second kappa shape index (κ2) is 6.30. The maximum atomic E-state index is 12.0. The number of aliphatic hydroxyl groups excluding tert-OH is 1. The van der Waals surface area contributed by atoms with Crippen LogP contribution in [0.5, 0.6) is 0 Å². The third kappa shape index (κ3) is 4.07. The molecule has 1 aliphatic rings. The van der Waals surface area contributed by atoms with E-state index in [2.05, 4.69) is 5.32 Å². The summed E-state index contributed by atoms with van der Waals surface area (Å²) in [6.45, 7) is 3.70. The summed E-state index contributed by atoms with van der Waals surface area (Å²) in [6.07, 6.45) is 1.59. The minimum absolute atomic E-state index is 0.0869. The molecule has 2 rings (SSSR count). The highest BCUT2D eigenvalue weighted by atomic mass is 16.3. The molecule has 1 aromatic rings. The molecule has 21 heavy (non-hydrogen) atoms. The molecular weight excluding hydrogens is 272 g/mol. The lowest BCUT2D eigenvalue weighted by atomic mass is 10.2. The number of hydrogen-bond acceptors (Lipinski definition) is 4. The van der Waals surface area contributed by atoms with Crippen molar-refractivity contribution < 1.29 is 19.1 Å². The van der Waals surface area contributed by atoms with Crippen LogP contribution < -0.4 is 5.32 Å². The molecule has 0 aliphatic heterocycles. The van der Waals surface area contributed by atoms with Crippen molar-refractivity contribution in [3.05, 3.63) is 23.2 Å². The molecule has 2 amide bonds. The number of likely N-dealkylation sites (N-methyl/N-ethyl adjacent to an activating group) is 1. The Morgan fingerprint density at radius 3 is 2.67 bits per heavy atom. The Bertz CT molecular complexity index is 534. The molecule has 2 N–H and O–H groups in total. The van der Waals surface area contributed by atoms with E-state index in [4.69, 9.17) is 4.42 Å². The monoisotopic (exact) mass is 294 g/mol. The van der Waals surface area contributed by atoms with Gasteiger partial charge in [0.15, 0.2) is 0 Å². The molecule has 1 aromatic heterocycles. The summed E-state index contributed by atoms with van der Waals surface area (Å²) in [5.74, 6) is 0.977. The Labute approximate surface area is 124 Å². The lowest BCUT2D eigenvalue weighted by Crippen LogP contribution is -2.41. The Hall–Kier alpha value is -1.82. The van der Waals surface area contributed by atoms with Crippen molar-refractivity contribution in [1.82, 2.24) is 10.2 Å². The largest absolute Gasteiger partial charge is 0.466 e. The van der Waals surface area contributed by atoms with Gasteiger partial charge in [-0.3, -0.25) is 9.59 Å². The number of nitrogens with zero attached hydrogens (tertiary/aromatic N) is 1. The van der Waals surface area contributed by atoms with Gasteiger partial charge in [-0.05, 0) is 38.7 Å². The molecule has 1 unspecified atom stereocenters. The minimum Gasteiger partial charge on any atom is -0.466 e. The highest BCUT2D eigenvalue weighted by Gasteiger charge is 2.31. The zero-order chi connectivity index (χ0) is 15.6. The van der Waals surface area contributed by atoms with Crippen molar-refractivity contribution in [2.24, 2.45) is 5.92 Å². The molecule has 6 heteroatoms. The number of aliphatic hydroxyl groups is 1. The van der Waals surface area contributed by atoms with Gasteiger partial charge in [-0.2, -0.15) is 0 Å². The second-order valence-corrected chi connectivity index (χ2v) is 5.69. The molecule has 0 saturated heterocycles. The smallest absolute Gasteiger partial charge is 0.255 e. The van der Waals surface area contributed by atoms with Gasteiger partial charge in [-0.25, -0.2) is 0 Å². The standard InChI is InChI=1S/C15H22N2O4/c1-9-6-12(10(2)21-9)15(20)16-7-14(19)17(3)8-13(18)11-4-5-11/h6,11,13,18H,4-5,7-8H2,1-3H3,(H,16,20). The lowest BCUT2D eigenvalue weighted by molar-refractivity contribution is -0.130. The zero-order valence-electron chi connectivity index (χ0n) is 12.7. The number of hydrogen-bond donors (Lipinski definition) is 2. The Morgan fingerprint density at radius 2 is 2.14 bits per heavy atom. The van der Waals surface area contributed by atoms with Crippen molar-refractivity contribution in [3.8, 4) is 0 Å². The summed E-state index contributed by atoms with van der Waals surface area (Å²) < 4.78 is 5.29. The molecule has 0 aromatic carbocycles. The minimum atomic E-state index is -0.464. The number of carbonyl (C=O) groups excluding carboxylic acids is 2. The van der Waals surface area contributed by atoms with E-state index >= 15 is 0 Å². The van der Waals surface area contributed by atoms with Crippen LogP contribution in [0.1, 0.15) is 34.7 Å². The first-order valence-electron chi connectivity index (χ1n) is 7.15. The van der Waals surface area contributed by atoms with Crippen LogP contribution in [-0.2, 0) is 4.79 Å². The number of furan rings is 1. The van der Waals surface area contributed by atoms with Gasteiger partial charge >= 0.3 is 0 Å². The molecular formula is C15H22N2O4. The Kier molecular flexibility index (Phi) is 4.67. The summed E-state index contributed by atoms with van der Waals surface area (Å²) in [5, 5.41) is 12.4. The predicted octanol–water partition coefficient (Wildman–Crippen LogP) is 0.856. The van der Waals surface area contributed by atoms with Gasteiger partial charge in [0.05, 0.1) is 18.2 Å². The van der Waals surface area contributed by atoms with Gasteiger partial charge < -0.3 is 19.7 Å². The Morgan fingerprint density at radius 1 is 1.48 bits per heavy atom. The zero-order valence-corrected chi connectivity index (χ0v) is 12.7. The topological polar surface area (TPSA) is 82.8 Å². The van der Waals surface area contributed by atoms with Crippen molar-refractivity contribution in [2.45, 2.75) is 32.8 Å². The van der Waals surface area contributed by atoms with E-state index < -0.39 is 6.10 Å². The van der Waals surface area contributed by atoms with Crippen LogP contribution in [0, 0.1) is 19.8 Å². The molecule has 116 valence electrons. The fraction of sp³-hybridized carbons (Fsp3) is 0.600. The summed E-state index contributed by atoms with van der Waals surface area (Å²) in [6, 6.07) is 1.65. The van der Waals surface area contributed by atoms with Crippen LogP contribution in [0.25, 0.3) is 0 Å². The summed E-state index contributed by atoms with van der Waals surface area (Å²) in [4.78, 5) is 25.3. The second-order valence-electron chi connectivity index (χ2n) is 5.69. The van der Waals surface area contributed by atoms with Gasteiger partial charge in [0, 0.05) is 13.6 Å². The quantitative estimate of drug-likeness (QED) is 0.815. The average Bonchev–Trinajstić information content (AvgIpc) is 3.21. The third-order valence-corrected chi connectivity index (χ3v) is 3.74. The molecule has 1 fully saturated rings. The maximum Gasteiger partial charge on any atom is 0.255 e. The van der Waals surface area contributed by atoms with E-state index in [-0.39, 0.29) is 18.4 Å². The first kappa shape index (κ1) is 15.6. The summed E-state index contributed by atoms with van der Waals surface area (Å²) in [7, 11) is 1.63. The van der Waals surface area contributed by atoms with Crippen LogP contribution in [-0.4, -0.2) is 48.1 Å². The highest BCUT2D eigenvalue weighted by Crippen LogP contribution is 2.32. The number of aryl methyl sites for hydroxylation is 2. The van der Waals surface area contributed by atoms with E-state index in [0.29, 0.717) is 29.5 Å². The number of nitrogens with one attached hydrogen (secondary N) is 1. The van der Waals surface area contributed by atoms with E-state index in [0.717, 1.165) is 12.8 Å². The van der Waals surface area contributed by atoms with Crippen LogP contribution in [0.2, 0.25) is 0 Å². The maximum absolute atomic E-state index is 12.0. The van der Waals surface area contributed by atoms with E-state index in [1.54, 1.807) is 27.0 Å². The molecule has 0 radical (unpaired) electrons. The van der Waals surface area contributed by atoms with E-state index in [9.17, 15) is 14.7 Å². The van der Waals surface area contributed by atoms with Crippen LogP contribution in [0.15, 0.2) is 10.5 Å². The van der Waals surface area contributed by atoms with E-state index in [1.807, 2.05) is 0 Å². The normalized spacial score (nSPS) is 15.6. The van der Waals surface area contributed by atoms with Gasteiger partial charge in [-0.1, -0.05) is 0 Å². The van der Waals surface area contributed by atoms with Crippen molar-refractivity contribution in [2.75, 3.05) is 20.1 Å². The van der Waals surface area contributed by atoms with Gasteiger partial charge in [0.1, 0.15) is 11.5 Å². The fourth-order valence-electron chi connectivity index (χ4n) is 2.25. The molecule has 0 bridgehead atoms. The molecule has 6 nitrogen and oxygen atoms in total. The van der Waals surface area contributed by atoms with Gasteiger partial charge in [0.25, 0.3) is 5.91 Å². The van der Waals surface area contributed by atoms with Crippen LogP contribution in [0.3, 0.4) is 0 Å². The lowest BCUT2D eigenvalue weighted by Gasteiger charge is -2.20. The first-order valence-corrected chi connectivity index (χ1v) is 7.15. The third-order valence-electron chi connectivity index (χ3n) is 3.74. The predicted molar refractivity (Wildman–Crippen MR) is 76.9 cm³/mol. The molecule has 1 heterocycles. The van der Waals surface area contributed by atoms with Crippen LogP contribution >= 0.6 is 0 Å². The molecule has 0 spiro atoms. The molecule has 1 saturated carbocycles. The molecule has 1 atom stereocenters. The average molecular weight is 294 g/mol. The number of rotatable bonds is 6. The number of amides is 2. The number of carbonyl (C=O) groups is 2. The van der Waals surface area contributed by atoms with Gasteiger partial charge in [-0.15, -0.1) is 0 Å². The van der Waals surface area contributed by atoms with Crippen molar-refractivity contribution in [1.29, 1.82) is 0 Å². The van der Waals surface area contributed by atoms with E-state index in [1.165, 1.54) is 4.90 Å². The summed E-state index contributed by atoms with van der Waals surface area (Å²) >= 11 is 0. The molecule has 1 aliphatic carbocycles. The Balaban J connectivity index is 1.80. The first-order chi connectivity index (χ1) is 9.88. The highest BCUT2D eigenvalue weighted by molar-refractivity contribution is 5.97. The van der Waals surface area contributed by atoms with Crippen molar-refractivity contribution >= 4 is 11.8 Å². The van der Waals surface area contributed by atoms with Crippen molar-refractivity contribution in [3.63, 3.8) is 0 Å². The summed E-state index contributed by atoms with van der Waals surface area (Å²) in [5.41, 5.74) is 0.445.